The van der Waals surface area contributed by atoms with E-state index >= 15 is 0 Å². The molecule has 0 spiro atoms. The minimum absolute atomic E-state index is 0.258. The number of rotatable bonds is 7. The summed E-state index contributed by atoms with van der Waals surface area (Å²) < 4.78 is 13.7. The number of hydrogen-bond donors (Lipinski definition) is 1. The van der Waals surface area contributed by atoms with Gasteiger partial charge in [-0.1, -0.05) is 51.5 Å². The van der Waals surface area contributed by atoms with E-state index in [4.69, 9.17) is 15.8 Å². The van der Waals surface area contributed by atoms with Gasteiger partial charge in [-0.05, 0) is 62.8 Å². The van der Waals surface area contributed by atoms with Crippen LogP contribution in [-0.2, 0) is 10.3 Å². The summed E-state index contributed by atoms with van der Waals surface area (Å²) in [5.41, 5.74) is 8.07. The average Bonchev–Trinajstić information content (AvgIpc) is 3.56. The molecule has 1 unspecified atom stereocenters. The lowest BCUT2D eigenvalue weighted by Gasteiger charge is -2.31. The first kappa shape index (κ1) is 26.4. The number of hydrogen-bond acceptors (Lipinski definition) is 4. The van der Waals surface area contributed by atoms with Crippen molar-refractivity contribution >= 4 is 12.0 Å². The van der Waals surface area contributed by atoms with Gasteiger partial charge in [0.15, 0.2) is 0 Å². The maximum Gasteiger partial charge on any atom is 0.136 e. The molecule has 0 aromatic heterocycles. The summed E-state index contributed by atoms with van der Waals surface area (Å²) >= 11 is 0. The molecule has 1 aromatic rings. The Morgan fingerprint density at radius 2 is 2.00 bits per heavy atom. The van der Waals surface area contributed by atoms with E-state index in [9.17, 15) is 4.39 Å². The molecule has 0 bridgehead atoms. The first-order valence-corrected chi connectivity index (χ1v) is 10.1. The van der Waals surface area contributed by atoms with Crippen LogP contribution >= 0.6 is 0 Å². The number of halogens is 1. The Hall–Kier alpha value is -2.58. The third-order valence-electron chi connectivity index (χ3n) is 4.60. The van der Waals surface area contributed by atoms with Crippen molar-refractivity contribution in [2.75, 3.05) is 0 Å². The van der Waals surface area contributed by atoms with Crippen molar-refractivity contribution in [3.8, 4) is 6.07 Å². The van der Waals surface area contributed by atoms with Crippen molar-refractivity contribution in [2.45, 2.75) is 65.8 Å². The highest BCUT2D eigenvalue weighted by Crippen LogP contribution is 2.38. The van der Waals surface area contributed by atoms with Gasteiger partial charge < -0.3 is 10.5 Å². The number of aliphatic imine (C=N–C) groups is 1. The molecule has 2 N–H and O–H groups in total. The number of carbonyl (C=O) groups excluding carboxylic acids is 1. The van der Waals surface area contributed by atoms with Crippen molar-refractivity contribution in [1.29, 1.82) is 5.26 Å². The molecule has 1 atom stereocenters. The number of nitrogens with two attached hydrogens (primary N) is 1. The second-order valence-corrected chi connectivity index (χ2v) is 6.64. The molecule has 1 aliphatic carbocycles. The summed E-state index contributed by atoms with van der Waals surface area (Å²) in [6, 6.07) is 6.95. The number of benzene rings is 1. The molecule has 0 radical (unpaired) electrons. The largest absolute Gasteiger partial charge is 0.316 e. The van der Waals surface area contributed by atoms with Crippen LogP contribution in [0, 0.1) is 30.0 Å². The highest BCUT2D eigenvalue weighted by molar-refractivity contribution is 6.03. The van der Waals surface area contributed by atoms with Gasteiger partial charge in [-0.15, -0.1) is 0 Å². The van der Waals surface area contributed by atoms with Crippen LogP contribution in [0.25, 0.3) is 0 Å². The predicted octanol–water partition coefficient (Wildman–Crippen LogP) is 5.76. The van der Waals surface area contributed by atoms with Gasteiger partial charge in [0.2, 0.25) is 0 Å². The van der Waals surface area contributed by atoms with E-state index in [1.807, 2.05) is 19.9 Å². The SMILES string of the molecule is C=CC(=N/C(C#N)=C\C)C(N)(CCC1CC1)c1ccc(F)c(C)c1.CC.CC=O. The molecule has 158 valence electrons. The Morgan fingerprint density at radius 3 is 2.41 bits per heavy atom. The second-order valence-electron chi connectivity index (χ2n) is 6.64. The monoisotopic (exact) mass is 399 g/mol. The van der Waals surface area contributed by atoms with Crippen molar-refractivity contribution in [1.82, 2.24) is 0 Å². The molecule has 1 aromatic carbocycles. The van der Waals surface area contributed by atoms with E-state index in [2.05, 4.69) is 11.6 Å². The summed E-state index contributed by atoms with van der Waals surface area (Å²) in [7, 11) is 0. The molecular formula is C24H34FN3O. The molecule has 0 aliphatic heterocycles. The van der Waals surface area contributed by atoms with Gasteiger partial charge >= 0.3 is 0 Å². The summed E-state index contributed by atoms with van der Waals surface area (Å²) in [5.74, 6) is 0.448. The highest BCUT2D eigenvalue weighted by Gasteiger charge is 2.35. The topological polar surface area (TPSA) is 79.2 Å². The predicted molar refractivity (Wildman–Crippen MR) is 119 cm³/mol. The molecule has 0 heterocycles. The van der Waals surface area contributed by atoms with E-state index in [0.717, 1.165) is 18.3 Å². The van der Waals surface area contributed by atoms with Crippen molar-refractivity contribution in [3.63, 3.8) is 0 Å². The van der Waals surface area contributed by atoms with E-state index in [0.29, 0.717) is 29.3 Å². The number of aldehydes is 1. The van der Waals surface area contributed by atoms with Gasteiger partial charge in [0.25, 0.3) is 0 Å². The van der Waals surface area contributed by atoms with Gasteiger partial charge in [0.05, 0.1) is 11.3 Å². The van der Waals surface area contributed by atoms with Crippen LogP contribution in [-0.4, -0.2) is 12.0 Å². The van der Waals surface area contributed by atoms with Gasteiger partial charge in [0, 0.05) is 0 Å². The fraction of sp³-hybridized carbons (Fsp3) is 0.458. The molecule has 0 saturated heterocycles. The van der Waals surface area contributed by atoms with Crippen molar-refractivity contribution in [3.05, 3.63) is 59.6 Å². The number of allylic oxidation sites excluding steroid dienone is 2. The first-order chi connectivity index (χ1) is 13.9. The van der Waals surface area contributed by atoms with Gasteiger partial charge in [-0.25, -0.2) is 9.38 Å². The molecule has 5 heteroatoms. The van der Waals surface area contributed by atoms with Crippen LogP contribution in [0.5, 0.6) is 0 Å². The van der Waals surface area contributed by atoms with Crippen LogP contribution in [0.1, 0.15) is 64.5 Å². The highest BCUT2D eigenvalue weighted by atomic mass is 19.1. The lowest BCUT2D eigenvalue weighted by atomic mass is 9.80. The quantitative estimate of drug-likeness (QED) is 0.359. The van der Waals surface area contributed by atoms with Crippen LogP contribution < -0.4 is 5.73 Å². The lowest BCUT2D eigenvalue weighted by Crippen LogP contribution is -2.44. The van der Waals surface area contributed by atoms with E-state index in [1.165, 1.54) is 25.8 Å². The molecule has 1 fully saturated rings. The number of carbonyl (C=O) groups is 1. The minimum atomic E-state index is -0.881. The summed E-state index contributed by atoms with van der Waals surface area (Å²) in [5, 5.41) is 9.17. The number of aryl methyl sites for hydroxylation is 1. The minimum Gasteiger partial charge on any atom is -0.316 e. The third-order valence-corrected chi connectivity index (χ3v) is 4.60. The zero-order chi connectivity index (χ0) is 22.4. The van der Waals surface area contributed by atoms with Crippen LogP contribution in [0.2, 0.25) is 0 Å². The third kappa shape index (κ3) is 8.13. The van der Waals surface area contributed by atoms with Crippen LogP contribution in [0.15, 0.2) is 47.6 Å². The summed E-state index contributed by atoms with van der Waals surface area (Å²) in [6.45, 7) is 12.8. The summed E-state index contributed by atoms with van der Waals surface area (Å²) in [6.07, 6.45) is 8.13. The molecule has 1 saturated carbocycles. The molecular weight excluding hydrogens is 365 g/mol. The summed E-state index contributed by atoms with van der Waals surface area (Å²) in [4.78, 5) is 13.2. The molecule has 4 nitrogen and oxygen atoms in total. The van der Waals surface area contributed by atoms with Crippen LogP contribution in [0.4, 0.5) is 4.39 Å². The smallest absolute Gasteiger partial charge is 0.136 e. The van der Waals surface area contributed by atoms with E-state index < -0.39 is 5.54 Å². The number of nitriles is 1. The van der Waals surface area contributed by atoms with Crippen molar-refractivity contribution in [2.24, 2.45) is 16.6 Å². The Bertz CT molecular complexity index is 773. The molecule has 1 aliphatic rings. The normalized spacial score (nSPS) is 15.5. The zero-order valence-electron chi connectivity index (χ0n) is 18.3. The fourth-order valence-corrected chi connectivity index (χ4v) is 2.79. The van der Waals surface area contributed by atoms with Gasteiger partial charge in [0.1, 0.15) is 23.9 Å². The van der Waals surface area contributed by atoms with E-state index in [1.54, 1.807) is 38.1 Å². The second kappa shape index (κ2) is 13.6. The molecule has 29 heavy (non-hydrogen) atoms. The standard InChI is InChI=1S/C20H24FN3.C2H4O.C2H6/c1-4-17(13-22)24-19(5-2)20(23,11-10-15-6-7-15)16-8-9-18(21)14(3)12-16;1-2-3;1-2/h4-5,8-9,12,15H,2,6-7,10-11,23H2,1,3H3;2H,1H3;1-2H3/b17-4-,24-19?;;. The lowest BCUT2D eigenvalue weighted by molar-refractivity contribution is -0.106. The Kier molecular flexibility index (Phi) is 12.4. The van der Waals surface area contributed by atoms with Gasteiger partial charge in [-0.2, -0.15) is 5.26 Å². The Balaban J connectivity index is 0.00000143. The van der Waals surface area contributed by atoms with Gasteiger partial charge in [-0.3, -0.25) is 0 Å². The Morgan fingerprint density at radius 1 is 1.41 bits per heavy atom. The van der Waals surface area contributed by atoms with E-state index in [-0.39, 0.29) is 5.82 Å². The Labute approximate surface area is 175 Å². The number of nitrogens with zero attached hydrogens (tertiary/aromatic N) is 2. The molecule has 2 rings (SSSR count). The van der Waals surface area contributed by atoms with Crippen molar-refractivity contribution < 1.29 is 9.18 Å². The fourth-order valence-electron chi connectivity index (χ4n) is 2.79. The van der Waals surface area contributed by atoms with Crippen LogP contribution in [0.3, 0.4) is 0 Å². The zero-order valence-corrected chi connectivity index (χ0v) is 18.3. The first-order valence-electron chi connectivity index (χ1n) is 10.1. The molecule has 0 amide bonds. The maximum absolute atomic E-state index is 13.7. The maximum atomic E-state index is 13.7. The average molecular weight is 400 g/mol.